The van der Waals surface area contributed by atoms with E-state index in [0.29, 0.717) is 37.4 Å². The third-order valence-corrected chi connectivity index (χ3v) is 4.59. The van der Waals surface area contributed by atoms with Crippen molar-refractivity contribution in [2.45, 2.75) is 45.6 Å². The van der Waals surface area contributed by atoms with E-state index < -0.39 is 5.41 Å². The fourth-order valence-corrected chi connectivity index (χ4v) is 2.77. The molecule has 0 heterocycles. The first kappa shape index (κ1) is 19.1. The molecule has 138 valence electrons. The van der Waals surface area contributed by atoms with Gasteiger partial charge in [-0.2, -0.15) is 0 Å². The molecule has 2 rings (SSSR count). The summed E-state index contributed by atoms with van der Waals surface area (Å²) >= 11 is 0. The van der Waals surface area contributed by atoms with Crippen LogP contribution < -0.4 is 20.1 Å². The van der Waals surface area contributed by atoms with Crippen LogP contribution in [0.3, 0.4) is 0 Å². The summed E-state index contributed by atoms with van der Waals surface area (Å²) in [5, 5.41) is 5.77. The van der Waals surface area contributed by atoms with Crippen LogP contribution in [0.15, 0.2) is 18.2 Å². The van der Waals surface area contributed by atoms with Crippen LogP contribution in [-0.2, 0) is 16.1 Å². The van der Waals surface area contributed by atoms with Gasteiger partial charge in [0.1, 0.15) is 5.41 Å². The zero-order valence-corrected chi connectivity index (χ0v) is 15.3. The molecule has 1 aliphatic carbocycles. The molecule has 0 unspecified atom stereocenters. The molecular formula is C19H28N2O4. The Morgan fingerprint density at radius 2 is 1.72 bits per heavy atom. The second-order valence-electron chi connectivity index (χ2n) is 6.42. The maximum atomic E-state index is 12.5. The molecule has 6 nitrogen and oxygen atoms in total. The number of ether oxygens (including phenoxy) is 2. The fourth-order valence-electron chi connectivity index (χ4n) is 2.77. The number of rotatable bonds is 10. The third kappa shape index (κ3) is 4.65. The lowest BCUT2D eigenvalue weighted by Crippen LogP contribution is -2.43. The molecule has 1 saturated carbocycles. The summed E-state index contributed by atoms with van der Waals surface area (Å²) < 4.78 is 10.5. The molecule has 0 atom stereocenters. The number of benzene rings is 1. The molecule has 0 aliphatic heterocycles. The predicted molar refractivity (Wildman–Crippen MR) is 95.6 cm³/mol. The highest BCUT2D eigenvalue weighted by Crippen LogP contribution is 2.46. The molecule has 25 heavy (non-hydrogen) atoms. The van der Waals surface area contributed by atoms with Gasteiger partial charge in [0.25, 0.3) is 0 Å². The van der Waals surface area contributed by atoms with E-state index in [1.165, 1.54) is 0 Å². The molecule has 1 fully saturated rings. The topological polar surface area (TPSA) is 76.7 Å². The predicted octanol–water partition coefficient (Wildman–Crippen LogP) is 2.41. The Morgan fingerprint density at radius 1 is 1.04 bits per heavy atom. The van der Waals surface area contributed by atoms with Crippen LogP contribution in [0.2, 0.25) is 0 Å². The number of methoxy groups -OCH3 is 2. The van der Waals surface area contributed by atoms with Crippen molar-refractivity contribution in [1.29, 1.82) is 0 Å². The minimum atomic E-state index is -0.872. The van der Waals surface area contributed by atoms with E-state index in [1.807, 2.05) is 12.1 Å². The van der Waals surface area contributed by atoms with E-state index in [0.717, 1.165) is 24.8 Å². The second-order valence-corrected chi connectivity index (χ2v) is 6.42. The summed E-state index contributed by atoms with van der Waals surface area (Å²) in [7, 11) is 3.15. The summed E-state index contributed by atoms with van der Waals surface area (Å²) in [5.74, 6) is 0.912. The summed E-state index contributed by atoms with van der Waals surface area (Å²) in [6.07, 6.45) is 4.37. The van der Waals surface area contributed by atoms with Crippen molar-refractivity contribution in [3.63, 3.8) is 0 Å². The standard InChI is InChI=1S/C19H28N2O4/c1-4-5-6-11-20-17(22)19(9-10-19)18(23)21-13-14-7-8-15(24-2)16(12-14)25-3/h7-8,12H,4-6,9-11,13H2,1-3H3,(H,20,22)(H,21,23). The van der Waals surface area contributed by atoms with E-state index in [1.54, 1.807) is 20.3 Å². The Bertz CT molecular complexity index is 611. The van der Waals surface area contributed by atoms with E-state index in [9.17, 15) is 9.59 Å². The minimum absolute atomic E-state index is 0.145. The first-order valence-electron chi connectivity index (χ1n) is 8.85. The van der Waals surface area contributed by atoms with Gasteiger partial charge in [-0.3, -0.25) is 9.59 Å². The van der Waals surface area contributed by atoms with Crippen LogP contribution in [0, 0.1) is 5.41 Å². The monoisotopic (exact) mass is 348 g/mol. The van der Waals surface area contributed by atoms with Gasteiger partial charge >= 0.3 is 0 Å². The molecule has 1 aromatic carbocycles. The summed E-state index contributed by atoms with van der Waals surface area (Å²) in [5.41, 5.74) is 0.0214. The molecule has 6 heteroatoms. The van der Waals surface area contributed by atoms with Crippen LogP contribution in [-0.4, -0.2) is 32.6 Å². The number of carbonyl (C=O) groups excluding carboxylic acids is 2. The number of amides is 2. The van der Waals surface area contributed by atoms with E-state index >= 15 is 0 Å². The molecule has 0 saturated heterocycles. The van der Waals surface area contributed by atoms with E-state index in [-0.39, 0.29) is 11.8 Å². The quantitative estimate of drug-likeness (QED) is 0.503. The molecule has 0 spiro atoms. The van der Waals surface area contributed by atoms with Gasteiger partial charge in [-0.25, -0.2) is 0 Å². The molecule has 1 aromatic rings. The SMILES string of the molecule is CCCCCNC(=O)C1(C(=O)NCc2ccc(OC)c(OC)c2)CC1. The minimum Gasteiger partial charge on any atom is -0.493 e. The fraction of sp³-hybridized carbons (Fsp3) is 0.579. The molecule has 2 N–H and O–H groups in total. The molecule has 0 radical (unpaired) electrons. The zero-order valence-electron chi connectivity index (χ0n) is 15.3. The first-order chi connectivity index (χ1) is 12.1. The van der Waals surface area contributed by atoms with Gasteiger partial charge in [-0.15, -0.1) is 0 Å². The van der Waals surface area contributed by atoms with Crippen molar-refractivity contribution >= 4 is 11.8 Å². The van der Waals surface area contributed by atoms with Crippen LogP contribution >= 0.6 is 0 Å². The third-order valence-electron chi connectivity index (χ3n) is 4.59. The average Bonchev–Trinajstić information content (AvgIpc) is 3.44. The normalized spacial score (nSPS) is 14.5. The second kappa shape index (κ2) is 8.74. The number of hydrogen-bond donors (Lipinski definition) is 2. The largest absolute Gasteiger partial charge is 0.493 e. The maximum Gasteiger partial charge on any atom is 0.235 e. The number of hydrogen-bond acceptors (Lipinski definition) is 4. The summed E-state index contributed by atoms with van der Waals surface area (Å²) in [4.78, 5) is 24.8. The van der Waals surface area contributed by atoms with Crippen LogP contribution in [0.25, 0.3) is 0 Å². The van der Waals surface area contributed by atoms with Crippen LogP contribution in [0.5, 0.6) is 11.5 Å². The lowest BCUT2D eigenvalue weighted by Gasteiger charge is -2.16. The first-order valence-corrected chi connectivity index (χ1v) is 8.85. The van der Waals surface area contributed by atoms with Gasteiger partial charge in [0.05, 0.1) is 14.2 Å². The van der Waals surface area contributed by atoms with Crippen molar-refractivity contribution in [1.82, 2.24) is 10.6 Å². The van der Waals surface area contributed by atoms with Crippen LogP contribution in [0.1, 0.15) is 44.6 Å². The molecular weight excluding hydrogens is 320 g/mol. The maximum absolute atomic E-state index is 12.5. The molecule has 2 amide bonds. The van der Waals surface area contributed by atoms with Gasteiger partial charge < -0.3 is 20.1 Å². The van der Waals surface area contributed by atoms with Gasteiger partial charge in [0, 0.05) is 13.1 Å². The van der Waals surface area contributed by atoms with Gasteiger partial charge in [0.2, 0.25) is 11.8 Å². The lowest BCUT2D eigenvalue weighted by molar-refractivity contribution is -0.137. The highest BCUT2D eigenvalue weighted by atomic mass is 16.5. The van der Waals surface area contributed by atoms with Crippen molar-refractivity contribution in [2.24, 2.45) is 5.41 Å². The van der Waals surface area contributed by atoms with Crippen molar-refractivity contribution < 1.29 is 19.1 Å². The number of carbonyl (C=O) groups is 2. The molecule has 0 aromatic heterocycles. The Kier molecular flexibility index (Phi) is 6.67. The van der Waals surface area contributed by atoms with E-state index in [4.69, 9.17) is 9.47 Å². The van der Waals surface area contributed by atoms with Gasteiger partial charge in [-0.1, -0.05) is 25.8 Å². The van der Waals surface area contributed by atoms with Crippen molar-refractivity contribution in [2.75, 3.05) is 20.8 Å². The highest BCUT2D eigenvalue weighted by Gasteiger charge is 2.56. The molecule has 1 aliphatic rings. The average molecular weight is 348 g/mol. The lowest BCUT2D eigenvalue weighted by atomic mass is 10.0. The van der Waals surface area contributed by atoms with Gasteiger partial charge in [-0.05, 0) is 37.0 Å². The summed E-state index contributed by atoms with van der Waals surface area (Å²) in [6, 6.07) is 5.49. The smallest absolute Gasteiger partial charge is 0.235 e. The highest BCUT2D eigenvalue weighted by molar-refractivity contribution is 6.07. The Hall–Kier alpha value is -2.24. The Labute approximate surface area is 149 Å². The van der Waals surface area contributed by atoms with Crippen LogP contribution in [0.4, 0.5) is 0 Å². The van der Waals surface area contributed by atoms with E-state index in [2.05, 4.69) is 17.6 Å². The van der Waals surface area contributed by atoms with Crippen molar-refractivity contribution in [3.05, 3.63) is 23.8 Å². The van der Waals surface area contributed by atoms with Crippen molar-refractivity contribution in [3.8, 4) is 11.5 Å². The summed E-state index contributed by atoms with van der Waals surface area (Å²) in [6.45, 7) is 3.10. The van der Waals surface area contributed by atoms with Gasteiger partial charge in [0.15, 0.2) is 11.5 Å². The molecule has 0 bridgehead atoms. The Balaban J connectivity index is 1.88. The Morgan fingerprint density at radius 3 is 2.32 bits per heavy atom. The zero-order chi connectivity index (χ0) is 18.3. The number of nitrogens with one attached hydrogen (secondary N) is 2. The number of unbranched alkanes of at least 4 members (excludes halogenated alkanes) is 2.